The molecule has 2 aromatic rings. The Morgan fingerprint density at radius 1 is 1.09 bits per heavy atom. The quantitative estimate of drug-likeness (QED) is 0.532. The number of aryl methyl sites for hydroxylation is 1. The Morgan fingerprint density at radius 3 is 2.70 bits per heavy atom. The number of thiophene rings is 1. The fourth-order valence-electron chi connectivity index (χ4n) is 5.13. The molecule has 5 nitrogen and oxygen atoms in total. The van der Waals surface area contributed by atoms with Crippen molar-refractivity contribution < 1.29 is 9.59 Å². The number of nitrogens with zero attached hydrogens (tertiary/aromatic N) is 1. The van der Waals surface area contributed by atoms with Crippen LogP contribution in [0.15, 0.2) is 30.3 Å². The summed E-state index contributed by atoms with van der Waals surface area (Å²) in [5.41, 5.74) is 2.53. The second kappa shape index (κ2) is 10.1. The zero-order valence-corrected chi connectivity index (χ0v) is 20.5. The molecule has 5 rings (SSSR count). The Hall–Kier alpha value is -2.05. The summed E-state index contributed by atoms with van der Waals surface area (Å²) in [4.78, 5) is 30.1. The van der Waals surface area contributed by atoms with Crippen LogP contribution in [0.2, 0.25) is 5.02 Å². The predicted molar refractivity (Wildman–Crippen MR) is 134 cm³/mol. The van der Waals surface area contributed by atoms with Gasteiger partial charge in [0.15, 0.2) is 0 Å². The summed E-state index contributed by atoms with van der Waals surface area (Å²) in [6.07, 6.45) is 9.82. The Balaban J connectivity index is 1.24. The third-order valence-corrected chi connectivity index (χ3v) is 8.39. The lowest BCUT2D eigenvalue weighted by Gasteiger charge is -2.31. The van der Waals surface area contributed by atoms with Gasteiger partial charge in [-0.2, -0.15) is 0 Å². The summed E-state index contributed by atoms with van der Waals surface area (Å²) in [5.74, 6) is 0.378. The Labute approximate surface area is 204 Å². The molecule has 0 spiro atoms. The molecule has 0 unspecified atom stereocenters. The lowest BCUT2D eigenvalue weighted by Crippen LogP contribution is -2.48. The molecule has 2 aliphatic carbocycles. The number of hydrogen-bond acceptors (Lipinski definition) is 4. The number of anilines is 1. The Morgan fingerprint density at radius 2 is 1.91 bits per heavy atom. The molecule has 176 valence electrons. The van der Waals surface area contributed by atoms with Crippen LogP contribution in [0, 0.1) is 5.92 Å². The minimum atomic E-state index is -0.442. The molecule has 1 aromatic carbocycles. The number of amides is 2. The minimum absolute atomic E-state index is 0.0173. The number of benzene rings is 1. The van der Waals surface area contributed by atoms with E-state index in [1.54, 1.807) is 0 Å². The van der Waals surface area contributed by atoms with Crippen LogP contribution in [0.5, 0.6) is 0 Å². The molecule has 2 amide bonds. The number of fused-ring (bicyclic) bond motifs is 1. The number of carbonyl (C=O) groups is 2. The molecular formula is C26H32ClN3O2S. The van der Waals surface area contributed by atoms with Crippen molar-refractivity contribution in [1.82, 2.24) is 10.6 Å². The minimum Gasteiger partial charge on any atom is -0.366 e. The van der Waals surface area contributed by atoms with E-state index in [-0.39, 0.29) is 11.8 Å². The second-order valence-electron chi connectivity index (χ2n) is 9.76. The first-order valence-corrected chi connectivity index (χ1v) is 13.5. The number of rotatable bonds is 8. The number of carbonyl (C=O) groups excluding carboxylic acids is 2. The zero-order chi connectivity index (χ0) is 22.8. The van der Waals surface area contributed by atoms with E-state index in [0.29, 0.717) is 16.8 Å². The fourth-order valence-corrected chi connectivity index (χ4v) is 6.22. The molecule has 1 atom stereocenters. The van der Waals surface area contributed by atoms with Crippen molar-refractivity contribution in [2.75, 3.05) is 11.4 Å². The standard InChI is InChI=1S/C26H32ClN3O2S/c27-19-8-7-18-6-3-13-30(23(18)15-19)16-21-11-12-24(33-21)26(32)29-22(14-17-4-1-2-5-17)25(31)28-20-9-10-20/h7-8,11-12,15,17,20,22H,1-6,9-10,13-14,16H2,(H,28,31)(H,29,32)/t22-/m0/s1. The maximum Gasteiger partial charge on any atom is 0.262 e. The molecule has 3 aliphatic rings. The van der Waals surface area contributed by atoms with Crippen molar-refractivity contribution in [3.05, 3.63) is 50.7 Å². The summed E-state index contributed by atoms with van der Waals surface area (Å²) < 4.78 is 0. The molecule has 2 N–H and O–H groups in total. The lowest BCUT2D eigenvalue weighted by molar-refractivity contribution is -0.123. The molecule has 0 saturated heterocycles. The monoisotopic (exact) mass is 485 g/mol. The van der Waals surface area contributed by atoms with E-state index in [1.165, 1.54) is 35.4 Å². The molecule has 7 heteroatoms. The molecule has 0 bridgehead atoms. The van der Waals surface area contributed by atoms with Crippen LogP contribution in [0.25, 0.3) is 0 Å². The topological polar surface area (TPSA) is 61.4 Å². The van der Waals surface area contributed by atoms with Crippen LogP contribution >= 0.6 is 22.9 Å². The molecule has 33 heavy (non-hydrogen) atoms. The van der Waals surface area contributed by atoms with Gasteiger partial charge in [0.1, 0.15) is 6.04 Å². The fraction of sp³-hybridized carbons (Fsp3) is 0.538. The highest BCUT2D eigenvalue weighted by Gasteiger charge is 2.31. The van der Waals surface area contributed by atoms with E-state index in [1.807, 2.05) is 24.3 Å². The first kappa shape index (κ1) is 22.7. The van der Waals surface area contributed by atoms with E-state index in [4.69, 9.17) is 11.6 Å². The van der Waals surface area contributed by atoms with E-state index < -0.39 is 6.04 Å². The summed E-state index contributed by atoms with van der Waals surface area (Å²) in [6.45, 7) is 1.75. The highest BCUT2D eigenvalue weighted by molar-refractivity contribution is 7.14. The highest BCUT2D eigenvalue weighted by atomic mass is 35.5. The molecule has 2 heterocycles. The molecule has 0 radical (unpaired) electrons. The molecule has 1 aromatic heterocycles. The third kappa shape index (κ3) is 5.72. The average molecular weight is 486 g/mol. The smallest absolute Gasteiger partial charge is 0.262 e. The highest BCUT2D eigenvalue weighted by Crippen LogP contribution is 2.32. The van der Waals surface area contributed by atoms with Gasteiger partial charge < -0.3 is 15.5 Å². The van der Waals surface area contributed by atoms with Gasteiger partial charge >= 0.3 is 0 Å². The van der Waals surface area contributed by atoms with Crippen molar-refractivity contribution in [3.63, 3.8) is 0 Å². The Bertz CT molecular complexity index is 1010. The van der Waals surface area contributed by atoms with Gasteiger partial charge in [0.05, 0.1) is 11.4 Å². The van der Waals surface area contributed by atoms with E-state index >= 15 is 0 Å². The van der Waals surface area contributed by atoms with Gasteiger partial charge in [0, 0.05) is 28.2 Å². The average Bonchev–Trinajstić information content (AvgIpc) is 3.25. The van der Waals surface area contributed by atoms with Gasteiger partial charge in [-0.15, -0.1) is 11.3 Å². The van der Waals surface area contributed by atoms with E-state index in [0.717, 1.165) is 67.9 Å². The van der Waals surface area contributed by atoms with Crippen LogP contribution in [-0.2, 0) is 17.8 Å². The van der Waals surface area contributed by atoms with Crippen molar-refractivity contribution in [3.8, 4) is 0 Å². The van der Waals surface area contributed by atoms with Gasteiger partial charge in [-0.3, -0.25) is 9.59 Å². The van der Waals surface area contributed by atoms with Crippen LogP contribution in [0.1, 0.15) is 71.5 Å². The van der Waals surface area contributed by atoms with Crippen molar-refractivity contribution in [2.24, 2.45) is 5.92 Å². The van der Waals surface area contributed by atoms with Crippen LogP contribution in [0.3, 0.4) is 0 Å². The van der Waals surface area contributed by atoms with Crippen molar-refractivity contribution >= 4 is 40.4 Å². The van der Waals surface area contributed by atoms with Gasteiger partial charge in [0.2, 0.25) is 5.91 Å². The van der Waals surface area contributed by atoms with Crippen LogP contribution in [0.4, 0.5) is 5.69 Å². The van der Waals surface area contributed by atoms with Gasteiger partial charge in [-0.05, 0) is 67.9 Å². The van der Waals surface area contributed by atoms with Crippen molar-refractivity contribution in [2.45, 2.75) is 76.4 Å². The number of nitrogens with one attached hydrogen (secondary N) is 2. The maximum atomic E-state index is 13.1. The lowest BCUT2D eigenvalue weighted by atomic mass is 9.97. The molecule has 1 aliphatic heterocycles. The van der Waals surface area contributed by atoms with Crippen LogP contribution < -0.4 is 15.5 Å². The normalized spacial score (nSPS) is 19.2. The first-order chi connectivity index (χ1) is 16.0. The van der Waals surface area contributed by atoms with Gasteiger partial charge in [-0.25, -0.2) is 0 Å². The SMILES string of the molecule is O=C(N[C@@H](CC1CCCC1)C(=O)NC1CC1)c1ccc(CN2CCCc3ccc(Cl)cc32)s1. The molecule has 2 saturated carbocycles. The van der Waals surface area contributed by atoms with E-state index in [9.17, 15) is 9.59 Å². The predicted octanol–water partition coefficient (Wildman–Crippen LogP) is 5.31. The van der Waals surface area contributed by atoms with Gasteiger partial charge in [-0.1, -0.05) is 43.4 Å². The third-order valence-electron chi connectivity index (χ3n) is 7.08. The number of hydrogen-bond donors (Lipinski definition) is 2. The second-order valence-corrected chi connectivity index (χ2v) is 11.4. The maximum absolute atomic E-state index is 13.1. The summed E-state index contributed by atoms with van der Waals surface area (Å²) in [6, 6.07) is 9.91. The summed E-state index contributed by atoms with van der Waals surface area (Å²) in [5, 5.41) is 6.91. The number of halogens is 1. The van der Waals surface area contributed by atoms with E-state index in [2.05, 4.69) is 21.6 Å². The Kier molecular flexibility index (Phi) is 6.93. The summed E-state index contributed by atoms with van der Waals surface area (Å²) in [7, 11) is 0. The van der Waals surface area contributed by atoms with Crippen LogP contribution in [-0.4, -0.2) is 30.4 Å². The van der Waals surface area contributed by atoms with Crippen molar-refractivity contribution in [1.29, 1.82) is 0 Å². The zero-order valence-electron chi connectivity index (χ0n) is 18.9. The molecular weight excluding hydrogens is 454 g/mol. The van der Waals surface area contributed by atoms with Gasteiger partial charge in [0.25, 0.3) is 5.91 Å². The molecule has 2 fully saturated rings. The largest absolute Gasteiger partial charge is 0.366 e. The summed E-state index contributed by atoms with van der Waals surface area (Å²) >= 11 is 7.77. The first-order valence-electron chi connectivity index (χ1n) is 12.3.